The molecule has 2 nitrogen and oxygen atoms in total. The molecule has 0 spiro atoms. The summed E-state index contributed by atoms with van der Waals surface area (Å²) in [4.78, 5) is 4.71. The van der Waals surface area contributed by atoms with Crippen molar-refractivity contribution in [2.45, 2.75) is 34.9 Å². The van der Waals surface area contributed by atoms with Crippen LogP contribution in [0.3, 0.4) is 0 Å². The van der Waals surface area contributed by atoms with Gasteiger partial charge in [0, 0.05) is 0 Å². The van der Waals surface area contributed by atoms with Crippen molar-refractivity contribution >= 4 is 34.1 Å². The summed E-state index contributed by atoms with van der Waals surface area (Å²) in [6.45, 7) is 4.71. The molecule has 0 amide bonds. The van der Waals surface area contributed by atoms with E-state index < -0.39 is 0 Å². The summed E-state index contributed by atoms with van der Waals surface area (Å²) in [6.07, 6.45) is 0. The van der Waals surface area contributed by atoms with Crippen molar-refractivity contribution in [2.75, 3.05) is 28.2 Å². The molecule has 0 fully saturated rings. The molecule has 0 aromatic carbocycles. The van der Waals surface area contributed by atoms with Crippen LogP contribution in [0.1, 0.15) is 13.8 Å². The van der Waals surface area contributed by atoms with Gasteiger partial charge in [-0.3, -0.25) is 0 Å². The van der Waals surface area contributed by atoms with Crippen molar-refractivity contribution in [3.8, 4) is 0 Å². The summed E-state index contributed by atoms with van der Waals surface area (Å²) >= 11 is 0.767. The van der Waals surface area contributed by atoms with E-state index in [1.165, 1.54) is 8.94 Å². The summed E-state index contributed by atoms with van der Waals surface area (Å²) in [5, 5.41) is 0. The predicted octanol–water partition coefficient (Wildman–Crippen LogP) is 1.05. The quantitative estimate of drug-likeness (QED) is 0.443. The summed E-state index contributed by atoms with van der Waals surface area (Å²) in [7, 11) is 8.78. The van der Waals surface area contributed by atoms with Gasteiger partial charge in [0.15, 0.2) is 0 Å². The van der Waals surface area contributed by atoms with E-state index in [0.717, 1.165) is 12.1 Å². The van der Waals surface area contributed by atoms with Crippen molar-refractivity contribution in [1.29, 1.82) is 0 Å². The molecule has 4 heteroatoms. The molecule has 2 unspecified atom stereocenters. The minimum atomic E-state index is 0.384. The molecule has 0 rings (SSSR count). The maximum atomic E-state index is 2.35. The van der Waals surface area contributed by atoms with Crippen LogP contribution in [0.5, 0.6) is 0 Å². The Bertz CT molecular complexity index is 124. The number of rotatable bonds is 7. The van der Waals surface area contributed by atoms with Gasteiger partial charge in [-0.15, -0.1) is 0 Å². The minimum absolute atomic E-state index is 0.384. The first-order chi connectivity index (χ1) is 6.45. The summed E-state index contributed by atoms with van der Waals surface area (Å²) < 4.78 is 3.03. The van der Waals surface area contributed by atoms with E-state index in [1.807, 2.05) is 0 Å². The van der Waals surface area contributed by atoms with Gasteiger partial charge in [-0.25, -0.2) is 0 Å². The Morgan fingerprint density at radius 2 is 1.07 bits per heavy atom. The first kappa shape index (κ1) is 15.5. The summed E-state index contributed by atoms with van der Waals surface area (Å²) in [5.41, 5.74) is 0. The monoisotopic (exact) mass is 432 g/mol. The maximum absolute atomic E-state index is 2.35. The topological polar surface area (TPSA) is 6.48 Å². The van der Waals surface area contributed by atoms with Gasteiger partial charge in [-0.1, -0.05) is 0 Å². The van der Waals surface area contributed by atoms with Gasteiger partial charge in [-0.2, -0.15) is 0 Å². The molecule has 0 radical (unpaired) electrons. The van der Waals surface area contributed by atoms with E-state index >= 15 is 0 Å². The fraction of sp³-hybridized carbons (Fsp3) is 1.00. The third kappa shape index (κ3) is 7.75. The number of nitrogens with zero attached hydrogens (tertiary/aromatic N) is 2. The Balaban J connectivity index is 3.38. The Kier molecular flexibility index (Phi) is 9.55. The van der Waals surface area contributed by atoms with Crippen molar-refractivity contribution in [3.05, 3.63) is 0 Å². The molecule has 86 valence electrons. The normalized spacial score (nSPS) is 16.3. The average molecular weight is 428 g/mol. The van der Waals surface area contributed by atoms with Gasteiger partial charge < -0.3 is 0 Å². The molecule has 0 bridgehead atoms. The molecule has 0 aliphatic heterocycles. The van der Waals surface area contributed by atoms with E-state index in [9.17, 15) is 0 Å². The first-order valence-electron chi connectivity index (χ1n) is 5.02. The fourth-order valence-electron chi connectivity index (χ4n) is 0.591. The molecule has 2 atom stereocenters. The van der Waals surface area contributed by atoms with Crippen LogP contribution >= 0.6 is 0 Å². The molecule has 14 heavy (non-hydrogen) atoms. The Morgan fingerprint density at radius 3 is 1.29 bits per heavy atom. The van der Waals surface area contributed by atoms with Gasteiger partial charge >= 0.3 is 107 Å². The van der Waals surface area contributed by atoms with Gasteiger partial charge in [0.05, 0.1) is 0 Å². The zero-order valence-corrected chi connectivity index (χ0v) is 14.9. The van der Waals surface area contributed by atoms with Gasteiger partial charge in [-0.05, 0) is 0 Å². The van der Waals surface area contributed by atoms with Crippen LogP contribution in [0, 0.1) is 0 Å². The molecule has 0 aliphatic rings. The van der Waals surface area contributed by atoms with Crippen LogP contribution in [-0.2, 0) is 0 Å². The Hall–Kier alpha value is 1.50. The van der Waals surface area contributed by atoms with Crippen molar-refractivity contribution in [1.82, 2.24) is 9.80 Å². The van der Waals surface area contributed by atoms with Crippen LogP contribution in [0.15, 0.2) is 0 Å². The SMILES string of the molecule is CC(C[Te][Te]CC(C)N(C)C)N(C)C. The second-order valence-electron chi connectivity index (χ2n) is 4.19. The summed E-state index contributed by atoms with van der Waals surface area (Å²) in [6, 6.07) is 1.63. The second-order valence-corrected chi connectivity index (χ2v) is 16.5. The molecule has 0 saturated carbocycles. The molecule has 0 aliphatic carbocycles. The van der Waals surface area contributed by atoms with E-state index in [1.54, 1.807) is 0 Å². The van der Waals surface area contributed by atoms with E-state index in [0.29, 0.717) is 34.1 Å². The van der Waals surface area contributed by atoms with Gasteiger partial charge in [0.25, 0.3) is 0 Å². The Morgan fingerprint density at radius 1 is 0.786 bits per heavy atom. The second kappa shape index (κ2) is 8.63. The van der Waals surface area contributed by atoms with Crippen molar-refractivity contribution < 1.29 is 0 Å². The third-order valence-electron chi connectivity index (χ3n) is 2.46. The zero-order chi connectivity index (χ0) is 11.1. The molecular weight excluding hydrogens is 403 g/mol. The standard InChI is InChI=1S/C10H24N2Te2/c1-9(11(3)4)7-13-14-8-10(2)12(5)6/h9-10H,7-8H2,1-6H3. The van der Waals surface area contributed by atoms with Crippen molar-refractivity contribution in [2.24, 2.45) is 0 Å². The molecule has 0 N–H and O–H groups in total. The van der Waals surface area contributed by atoms with E-state index in [4.69, 9.17) is 0 Å². The molecular formula is C10H24N2Te2. The van der Waals surface area contributed by atoms with Crippen LogP contribution in [0.4, 0.5) is 0 Å². The van der Waals surface area contributed by atoms with E-state index in [-0.39, 0.29) is 0 Å². The number of hydrogen-bond donors (Lipinski definition) is 0. The van der Waals surface area contributed by atoms with Crippen LogP contribution in [0.25, 0.3) is 0 Å². The summed E-state index contributed by atoms with van der Waals surface area (Å²) in [5.74, 6) is 0. The number of hydrogen-bond acceptors (Lipinski definition) is 2. The first-order valence-corrected chi connectivity index (χ1v) is 15.6. The van der Waals surface area contributed by atoms with E-state index in [2.05, 4.69) is 51.8 Å². The third-order valence-corrected chi connectivity index (χ3v) is 14.9. The Labute approximate surface area is 106 Å². The molecule has 0 aromatic rings. The molecule has 0 aromatic heterocycles. The molecule has 0 saturated heterocycles. The zero-order valence-electron chi connectivity index (χ0n) is 10.3. The van der Waals surface area contributed by atoms with Crippen LogP contribution in [0.2, 0.25) is 8.94 Å². The molecule has 0 heterocycles. The van der Waals surface area contributed by atoms with Gasteiger partial charge in [0.1, 0.15) is 0 Å². The van der Waals surface area contributed by atoms with Crippen LogP contribution in [-0.4, -0.2) is 84.2 Å². The van der Waals surface area contributed by atoms with Gasteiger partial charge in [0.2, 0.25) is 0 Å². The van der Waals surface area contributed by atoms with Crippen LogP contribution < -0.4 is 0 Å². The average Bonchev–Trinajstić information content (AvgIpc) is 2.11. The van der Waals surface area contributed by atoms with Crippen molar-refractivity contribution in [3.63, 3.8) is 0 Å². The predicted molar refractivity (Wildman–Crippen MR) is 67.4 cm³/mol. The fourth-order valence-corrected chi connectivity index (χ4v) is 15.2.